The van der Waals surface area contributed by atoms with Crippen LogP contribution in [0, 0.1) is 19.7 Å². The summed E-state index contributed by atoms with van der Waals surface area (Å²) in [4.78, 5) is 0. The summed E-state index contributed by atoms with van der Waals surface area (Å²) in [5.41, 5.74) is 6.98. The first-order valence-corrected chi connectivity index (χ1v) is 9.25. The molecule has 2 aromatic carbocycles. The van der Waals surface area contributed by atoms with E-state index in [4.69, 9.17) is 0 Å². The lowest BCUT2D eigenvalue weighted by Gasteiger charge is -2.14. The number of hydrogen-bond donors (Lipinski definition) is 0. The van der Waals surface area contributed by atoms with E-state index >= 15 is 0 Å². The number of fused-ring (bicyclic) bond motifs is 1. The SMILES string of the molecule is Cc1ccc(C)c(-c2ccc3c(C4CCCC4)c(F)ccc3[n+]2C)c1. The second-order valence-electron chi connectivity index (χ2n) is 7.47. The van der Waals surface area contributed by atoms with Crippen molar-refractivity contribution in [3.8, 4) is 11.3 Å². The first kappa shape index (κ1) is 16.3. The number of benzene rings is 2. The van der Waals surface area contributed by atoms with Gasteiger partial charge in [0.1, 0.15) is 12.9 Å². The molecule has 1 fully saturated rings. The van der Waals surface area contributed by atoms with Crippen molar-refractivity contribution < 1.29 is 8.96 Å². The average molecular weight is 334 g/mol. The van der Waals surface area contributed by atoms with E-state index in [1.165, 1.54) is 35.2 Å². The van der Waals surface area contributed by atoms with Gasteiger partial charge < -0.3 is 0 Å². The maximum absolute atomic E-state index is 14.6. The van der Waals surface area contributed by atoms with E-state index in [-0.39, 0.29) is 5.82 Å². The Morgan fingerprint density at radius 2 is 1.72 bits per heavy atom. The Bertz CT molecular complexity index is 952. The van der Waals surface area contributed by atoms with Crippen molar-refractivity contribution in [2.24, 2.45) is 7.05 Å². The summed E-state index contributed by atoms with van der Waals surface area (Å²) in [5, 5.41) is 1.07. The van der Waals surface area contributed by atoms with E-state index in [0.717, 1.165) is 29.3 Å². The molecule has 25 heavy (non-hydrogen) atoms. The first-order chi connectivity index (χ1) is 12.1. The minimum absolute atomic E-state index is 0.0427. The summed E-state index contributed by atoms with van der Waals surface area (Å²) in [6.07, 6.45) is 4.65. The molecule has 0 aliphatic heterocycles. The van der Waals surface area contributed by atoms with E-state index in [1.807, 2.05) is 6.07 Å². The van der Waals surface area contributed by atoms with Crippen LogP contribution in [0.5, 0.6) is 0 Å². The van der Waals surface area contributed by atoms with Crippen molar-refractivity contribution in [1.82, 2.24) is 0 Å². The van der Waals surface area contributed by atoms with Gasteiger partial charge in [-0.2, -0.15) is 4.57 Å². The lowest BCUT2D eigenvalue weighted by molar-refractivity contribution is -0.633. The molecule has 0 unspecified atom stereocenters. The Morgan fingerprint density at radius 3 is 2.48 bits per heavy atom. The molecule has 1 saturated carbocycles. The average Bonchev–Trinajstić information content (AvgIpc) is 3.11. The summed E-state index contributed by atoms with van der Waals surface area (Å²) in [5.74, 6) is 0.328. The molecule has 3 aromatic rings. The van der Waals surface area contributed by atoms with Crippen LogP contribution in [0.4, 0.5) is 4.39 Å². The van der Waals surface area contributed by atoms with Gasteiger partial charge in [-0.15, -0.1) is 0 Å². The number of nitrogens with zero attached hydrogens (tertiary/aromatic N) is 1. The molecule has 1 nitrogen and oxygen atoms in total. The van der Waals surface area contributed by atoms with Crippen LogP contribution in [0.2, 0.25) is 0 Å². The topological polar surface area (TPSA) is 3.88 Å². The van der Waals surface area contributed by atoms with Crippen LogP contribution in [-0.4, -0.2) is 0 Å². The van der Waals surface area contributed by atoms with E-state index in [0.29, 0.717) is 5.92 Å². The molecule has 128 valence electrons. The van der Waals surface area contributed by atoms with E-state index in [9.17, 15) is 4.39 Å². The van der Waals surface area contributed by atoms with Crippen molar-refractivity contribution in [2.75, 3.05) is 0 Å². The monoisotopic (exact) mass is 334 g/mol. The Morgan fingerprint density at radius 1 is 0.960 bits per heavy atom. The lowest BCUT2D eigenvalue weighted by Crippen LogP contribution is -2.32. The lowest BCUT2D eigenvalue weighted by atomic mass is 9.92. The van der Waals surface area contributed by atoms with Gasteiger partial charge in [-0.3, -0.25) is 0 Å². The van der Waals surface area contributed by atoms with Gasteiger partial charge in [-0.25, -0.2) is 4.39 Å². The van der Waals surface area contributed by atoms with Gasteiger partial charge in [0.15, 0.2) is 0 Å². The molecule has 0 spiro atoms. The van der Waals surface area contributed by atoms with Gasteiger partial charge in [-0.05, 0) is 56.4 Å². The molecule has 0 bridgehead atoms. The third kappa shape index (κ3) is 2.74. The maximum Gasteiger partial charge on any atom is 0.213 e. The van der Waals surface area contributed by atoms with Gasteiger partial charge >= 0.3 is 0 Å². The zero-order chi connectivity index (χ0) is 17.6. The first-order valence-electron chi connectivity index (χ1n) is 9.25. The molecular formula is C23H25FN+. The highest BCUT2D eigenvalue weighted by Crippen LogP contribution is 2.39. The molecule has 0 amide bonds. The number of pyridine rings is 1. The van der Waals surface area contributed by atoms with Gasteiger partial charge in [0, 0.05) is 23.3 Å². The van der Waals surface area contributed by atoms with Crippen LogP contribution in [0.25, 0.3) is 22.2 Å². The fourth-order valence-corrected chi connectivity index (χ4v) is 4.38. The molecule has 0 N–H and O–H groups in total. The van der Waals surface area contributed by atoms with E-state index in [1.54, 1.807) is 6.07 Å². The van der Waals surface area contributed by atoms with Crippen LogP contribution in [0.1, 0.15) is 48.3 Å². The fourth-order valence-electron chi connectivity index (χ4n) is 4.38. The molecule has 0 saturated heterocycles. The van der Waals surface area contributed by atoms with Gasteiger partial charge in [0.25, 0.3) is 0 Å². The van der Waals surface area contributed by atoms with Gasteiger partial charge in [-0.1, -0.05) is 30.5 Å². The maximum atomic E-state index is 14.6. The zero-order valence-corrected chi connectivity index (χ0v) is 15.3. The van der Waals surface area contributed by atoms with E-state index < -0.39 is 0 Å². The third-order valence-corrected chi connectivity index (χ3v) is 5.77. The molecule has 1 heterocycles. The molecular weight excluding hydrogens is 309 g/mol. The molecule has 1 aliphatic rings. The number of hydrogen-bond acceptors (Lipinski definition) is 0. The summed E-state index contributed by atoms with van der Waals surface area (Å²) in [7, 11) is 2.09. The largest absolute Gasteiger partial charge is 0.213 e. The second-order valence-corrected chi connectivity index (χ2v) is 7.47. The van der Waals surface area contributed by atoms with Crippen molar-refractivity contribution in [2.45, 2.75) is 45.4 Å². The van der Waals surface area contributed by atoms with Crippen LogP contribution in [0.15, 0.2) is 42.5 Å². The normalized spacial score (nSPS) is 15.2. The Balaban J connectivity index is 1.95. The van der Waals surface area contributed by atoms with Gasteiger partial charge in [0.05, 0.1) is 5.39 Å². The molecule has 1 aliphatic carbocycles. The van der Waals surface area contributed by atoms with Crippen LogP contribution >= 0.6 is 0 Å². The number of aryl methyl sites for hydroxylation is 3. The smallest absolute Gasteiger partial charge is 0.207 e. The van der Waals surface area contributed by atoms with Crippen molar-refractivity contribution in [1.29, 1.82) is 0 Å². The Hall–Kier alpha value is -2.22. The van der Waals surface area contributed by atoms with Crippen molar-refractivity contribution in [3.05, 3.63) is 65.0 Å². The zero-order valence-electron chi connectivity index (χ0n) is 15.3. The second kappa shape index (κ2) is 6.25. The van der Waals surface area contributed by atoms with Gasteiger partial charge in [0.2, 0.25) is 11.2 Å². The van der Waals surface area contributed by atoms with Crippen molar-refractivity contribution in [3.63, 3.8) is 0 Å². The van der Waals surface area contributed by atoms with Crippen molar-refractivity contribution >= 4 is 10.9 Å². The minimum atomic E-state index is -0.0427. The van der Waals surface area contributed by atoms with Crippen LogP contribution in [-0.2, 0) is 7.05 Å². The number of aromatic nitrogens is 1. The Labute approximate surface area is 149 Å². The highest BCUT2D eigenvalue weighted by atomic mass is 19.1. The number of rotatable bonds is 2. The highest BCUT2D eigenvalue weighted by Gasteiger charge is 2.26. The summed E-state index contributed by atoms with van der Waals surface area (Å²) >= 11 is 0. The predicted octanol–water partition coefficient (Wildman–Crippen LogP) is 5.74. The minimum Gasteiger partial charge on any atom is -0.207 e. The molecule has 0 radical (unpaired) electrons. The predicted molar refractivity (Wildman–Crippen MR) is 101 cm³/mol. The fraction of sp³-hybridized carbons (Fsp3) is 0.348. The van der Waals surface area contributed by atoms with Crippen LogP contribution in [0.3, 0.4) is 0 Å². The summed E-state index contributed by atoms with van der Waals surface area (Å²) < 4.78 is 16.9. The Kier molecular flexibility index (Phi) is 4.07. The third-order valence-electron chi connectivity index (χ3n) is 5.77. The molecule has 0 atom stereocenters. The van der Waals surface area contributed by atoms with Crippen LogP contribution < -0.4 is 4.57 Å². The molecule has 1 aromatic heterocycles. The quantitative estimate of drug-likeness (QED) is 0.526. The highest BCUT2D eigenvalue weighted by molar-refractivity contribution is 5.82. The summed E-state index contributed by atoms with van der Waals surface area (Å²) in [6.45, 7) is 4.27. The van der Waals surface area contributed by atoms with E-state index in [2.05, 4.69) is 55.8 Å². The molecule has 2 heteroatoms. The standard InChI is InChI=1S/C23H25FN/c1-15-8-9-16(2)19(14-15)22-12-10-18-21(25(22)3)13-11-20(24)23(18)17-6-4-5-7-17/h8-14,17H,4-7H2,1-3H3/q+1. The molecule has 4 rings (SSSR count). The number of halogens is 1. The summed E-state index contributed by atoms with van der Waals surface area (Å²) in [6, 6.07) is 14.4.